The van der Waals surface area contributed by atoms with Gasteiger partial charge in [0.15, 0.2) is 0 Å². The first kappa shape index (κ1) is 26.9. The summed E-state index contributed by atoms with van der Waals surface area (Å²) in [5.74, 6) is 1.50. The smallest absolute Gasteiger partial charge is 0.306 e. The molecule has 0 bridgehead atoms. The van der Waals surface area contributed by atoms with Crippen molar-refractivity contribution in [3.05, 3.63) is 108 Å². The molecule has 2 aliphatic rings. The number of anilines is 1. The Balaban J connectivity index is 1.12. The van der Waals surface area contributed by atoms with Gasteiger partial charge in [-0.2, -0.15) is 4.98 Å². The van der Waals surface area contributed by atoms with Crippen molar-refractivity contribution in [3.8, 4) is 22.9 Å². The molecule has 6 heteroatoms. The van der Waals surface area contributed by atoms with Crippen LogP contribution in [0.5, 0.6) is 11.8 Å². The fourth-order valence-corrected chi connectivity index (χ4v) is 6.11. The first-order valence-corrected chi connectivity index (χ1v) is 14.4. The Morgan fingerprint density at radius 2 is 1.46 bits per heavy atom. The molecule has 0 unspecified atom stereocenters. The Bertz CT molecular complexity index is 1440. The zero-order valence-electron chi connectivity index (χ0n) is 23.5. The van der Waals surface area contributed by atoms with E-state index in [9.17, 15) is 4.79 Å². The van der Waals surface area contributed by atoms with Crippen molar-refractivity contribution in [2.75, 3.05) is 24.6 Å². The Kier molecular flexibility index (Phi) is 7.90. The summed E-state index contributed by atoms with van der Waals surface area (Å²) in [6.45, 7) is 5.29. The van der Waals surface area contributed by atoms with Crippen LogP contribution in [0.15, 0.2) is 97.1 Å². The maximum absolute atomic E-state index is 11.8. The molecule has 1 saturated carbocycles. The SMILES string of the molecule is CCOC(=O)CC1CC2(C1)CN(c1ccc(-c3ccc(OCc4ccccc4)nc3OCc3ccccc3)cc1)C2. The van der Waals surface area contributed by atoms with Crippen LogP contribution in [-0.2, 0) is 22.7 Å². The minimum atomic E-state index is -0.0588. The average Bonchev–Trinajstić information content (AvgIpc) is 2.97. The molecule has 41 heavy (non-hydrogen) atoms. The highest BCUT2D eigenvalue weighted by Gasteiger charge is 2.52. The van der Waals surface area contributed by atoms with Gasteiger partial charge in [-0.05, 0) is 60.6 Å². The van der Waals surface area contributed by atoms with Crippen LogP contribution in [-0.4, -0.2) is 30.6 Å². The van der Waals surface area contributed by atoms with Crippen LogP contribution < -0.4 is 14.4 Å². The lowest BCUT2D eigenvalue weighted by Crippen LogP contribution is -2.62. The second-order valence-corrected chi connectivity index (χ2v) is 11.2. The van der Waals surface area contributed by atoms with Crippen LogP contribution in [0, 0.1) is 11.3 Å². The maximum Gasteiger partial charge on any atom is 0.306 e. The van der Waals surface area contributed by atoms with E-state index in [-0.39, 0.29) is 5.97 Å². The van der Waals surface area contributed by atoms with Crippen molar-refractivity contribution in [1.29, 1.82) is 0 Å². The van der Waals surface area contributed by atoms with Gasteiger partial charge in [-0.3, -0.25) is 4.79 Å². The topological polar surface area (TPSA) is 60.9 Å². The molecule has 1 aliphatic heterocycles. The number of esters is 1. The Morgan fingerprint density at radius 1 is 0.829 bits per heavy atom. The largest absolute Gasteiger partial charge is 0.473 e. The summed E-state index contributed by atoms with van der Waals surface area (Å²) in [7, 11) is 0. The van der Waals surface area contributed by atoms with E-state index < -0.39 is 0 Å². The second kappa shape index (κ2) is 12.0. The monoisotopic (exact) mass is 548 g/mol. The molecule has 0 N–H and O–H groups in total. The van der Waals surface area contributed by atoms with Gasteiger partial charge in [0.25, 0.3) is 0 Å². The van der Waals surface area contributed by atoms with Crippen molar-refractivity contribution >= 4 is 11.7 Å². The Labute approximate surface area is 241 Å². The number of carbonyl (C=O) groups excluding carboxylic acids is 1. The van der Waals surface area contributed by atoms with Crippen LogP contribution in [0.25, 0.3) is 11.1 Å². The van der Waals surface area contributed by atoms with Crippen LogP contribution in [0.3, 0.4) is 0 Å². The normalized spacial score (nSPS) is 15.6. The summed E-state index contributed by atoms with van der Waals surface area (Å²) in [6.07, 6.45) is 2.79. The van der Waals surface area contributed by atoms with Gasteiger partial charge in [0, 0.05) is 42.2 Å². The van der Waals surface area contributed by atoms with E-state index in [1.807, 2.05) is 79.7 Å². The molecule has 3 aromatic carbocycles. The third-order valence-electron chi connectivity index (χ3n) is 8.08. The van der Waals surface area contributed by atoms with Crippen molar-refractivity contribution in [2.45, 2.75) is 39.4 Å². The van der Waals surface area contributed by atoms with E-state index in [4.69, 9.17) is 19.2 Å². The Hall–Kier alpha value is -4.32. The summed E-state index contributed by atoms with van der Waals surface area (Å²) in [6, 6.07) is 32.8. The highest BCUT2D eigenvalue weighted by atomic mass is 16.5. The third kappa shape index (κ3) is 6.37. The fourth-order valence-electron chi connectivity index (χ4n) is 6.11. The fraction of sp³-hybridized carbons (Fsp3) is 0.314. The van der Waals surface area contributed by atoms with E-state index in [1.54, 1.807) is 0 Å². The molecule has 2 heterocycles. The molecule has 1 aromatic heterocycles. The molecule has 0 amide bonds. The van der Waals surface area contributed by atoms with E-state index >= 15 is 0 Å². The minimum absolute atomic E-state index is 0.0588. The van der Waals surface area contributed by atoms with E-state index in [0.717, 1.165) is 48.2 Å². The predicted octanol–water partition coefficient (Wildman–Crippen LogP) is 7.08. The predicted molar refractivity (Wildman–Crippen MR) is 160 cm³/mol. The summed E-state index contributed by atoms with van der Waals surface area (Å²) in [4.78, 5) is 19.0. The van der Waals surface area contributed by atoms with Crippen LogP contribution in [0.2, 0.25) is 0 Å². The maximum atomic E-state index is 11.8. The molecule has 0 radical (unpaired) electrons. The molecular formula is C35H36N2O4. The number of benzene rings is 3. The summed E-state index contributed by atoms with van der Waals surface area (Å²) >= 11 is 0. The zero-order chi connectivity index (χ0) is 28.1. The van der Waals surface area contributed by atoms with Crippen molar-refractivity contribution < 1.29 is 19.0 Å². The standard InChI is InChI=1S/C35H36N2O4/c1-2-39-33(38)19-28-20-35(21-28)24-37(25-35)30-15-13-29(14-16-30)31-17-18-32(40-22-26-9-5-3-6-10-26)36-34(31)41-23-27-11-7-4-8-12-27/h3-18,28H,2,19-25H2,1H3. The van der Waals surface area contributed by atoms with Crippen LogP contribution in [0.4, 0.5) is 5.69 Å². The lowest BCUT2D eigenvalue weighted by Gasteiger charge is -2.60. The molecule has 4 aromatic rings. The van der Waals surface area contributed by atoms with Gasteiger partial charge in [0.1, 0.15) is 13.2 Å². The number of rotatable bonds is 11. The lowest BCUT2D eigenvalue weighted by molar-refractivity contribution is -0.146. The highest BCUT2D eigenvalue weighted by molar-refractivity contribution is 5.72. The van der Waals surface area contributed by atoms with Gasteiger partial charge < -0.3 is 19.1 Å². The minimum Gasteiger partial charge on any atom is -0.473 e. The molecule has 6 rings (SSSR count). The van der Waals surface area contributed by atoms with E-state index in [1.165, 1.54) is 5.69 Å². The molecule has 210 valence electrons. The van der Waals surface area contributed by atoms with Gasteiger partial charge in [-0.15, -0.1) is 0 Å². The molecule has 1 aliphatic carbocycles. The number of ether oxygens (including phenoxy) is 3. The second-order valence-electron chi connectivity index (χ2n) is 11.2. The zero-order valence-corrected chi connectivity index (χ0v) is 23.5. The third-order valence-corrected chi connectivity index (χ3v) is 8.08. The Morgan fingerprint density at radius 3 is 2.10 bits per heavy atom. The summed E-state index contributed by atoms with van der Waals surface area (Å²) < 4.78 is 17.4. The summed E-state index contributed by atoms with van der Waals surface area (Å²) in [5, 5.41) is 0. The molecule has 2 fully saturated rings. The number of nitrogens with zero attached hydrogens (tertiary/aromatic N) is 2. The van der Waals surface area contributed by atoms with Gasteiger partial charge in [-0.25, -0.2) is 0 Å². The number of aromatic nitrogens is 1. The first-order chi connectivity index (χ1) is 20.1. The van der Waals surface area contributed by atoms with Gasteiger partial charge in [-0.1, -0.05) is 72.8 Å². The van der Waals surface area contributed by atoms with Crippen molar-refractivity contribution in [3.63, 3.8) is 0 Å². The number of carbonyl (C=O) groups is 1. The van der Waals surface area contributed by atoms with Crippen molar-refractivity contribution in [2.24, 2.45) is 11.3 Å². The van der Waals surface area contributed by atoms with Gasteiger partial charge in [0.2, 0.25) is 11.8 Å². The molecule has 1 saturated heterocycles. The van der Waals surface area contributed by atoms with E-state index in [2.05, 4.69) is 29.2 Å². The van der Waals surface area contributed by atoms with Crippen molar-refractivity contribution in [1.82, 2.24) is 4.98 Å². The van der Waals surface area contributed by atoms with Crippen LogP contribution >= 0.6 is 0 Å². The quantitative estimate of drug-likeness (QED) is 0.187. The van der Waals surface area contributed by atoms with E-state index in [0.29, 0.717) is 49.3 Å². The molecule has 0 atom stereocenters. The molecule has 6 nitrogen and oxygen atoms in total. The molecule has 1 spiro atoms. The van der Waals surface area contributed by atoms with Gasteiger partial charge in [0.05, 0.1) is 6.61 Å². The molecular weight excluding hydrogens is 512 g/mol. The number of hydrogen-bond acceptors (Lipinski definition) is 6. The number of hydrogen-bond donors (Lipinski definition) is 0. The summed E-state index contributed by atoms with van der Waals surface area (Å²) in [5.41, 5.74) is 5.74. The van der Waals surface area contributed by atoms with Gasteiger partial charge >= 0.3 is 5.97 Å². The average molecular weight is 549 g/mol. The highest BCUT2D eigenvalue weighted by Crippen LogP contribution is 2.54. The lowest BCUT2D eigenvalue weighted by atomic mass is 9.57. The first-order valence-electron chi connectivity index (χ1n) is 14.4. The van der Waals surface area contributed by atoms with Crippen LogP contribution in [0.1, 0.15) is 37.3 Å². The number of pyridine rings is 1.